The summed E-state index contributed by atoms with van der Waals surface area (Å²) in [4.78, 5) is 30.9. The van der Waals surface area contributed by atoms with E-state index >= 15 is 0 Å². The highest BCUT2D eigenvalue weighted by Gasteiger charge is 2.45. The minimum atomic E-state index is -1.47. The Hall–Kier alpha value is -2.21. The molecule has 1 aliphatic rings. The zero-order chi connectivity index (χ0) is 16.9. The molecule has 3 heterocycles. The molecule has 0 saturated carbocycles. The molecule has 11 nitrogen and oxygen atoms in total. The van der Waals surface area contributed by atoms with Crippen LogP contribution in [-0.4, -0.2) is 59.3 Å². The van der Waals surface area contributed by atoms with Crippen LogP contribution in [0.5, 0.6) is 0 Å². The van der Waals surface area contributed by atoms with Gasteiger partial charge in [0.05, 0.1) is 6.61 Å². The maximum atomic E-state index is 12.6. The molecule has 0 radical (unpaired) electrons. The lowest BCUT2D eigenvalue weighted by Gasteiger charge is -2.15. The number of nitrogens with zero attached hydrogens (tertiary/aromatic N) is 3. The summed E-state index contributed by atoms with van der Waals surface area (Å²) in [6.45, 7) is 1.32. The number of aliphatic hydroxyl groups is 3. The Balaban J connectivity index is 2.28. The molecule has 4 atom stereocenters. The molecule has 126 valence electrons. The molecule has 0 amide bonds. The first-order chi connectivity index (χ1) is 10.9. The van der Waals surface area contributed by atoms with Crippen molar-refractivity contribution in [3.8, 4) is 0 Å². The fourth-order valence-corrected chi connectivity index (χ4v) is 2.82. The number of nitrogens with one attached hydrogen (secondary N) is 1. The van der Waals surface area contributed by atoms with Crippen molar-refractivity contribution >= 4 is 17.1 Å². The summed E-state index contributed by atoms with van der Waals surface area (Å²) in [5.41, 5.74) is 4.21. The molecule has 23 heavy (non-hydrogen) atoms. The quantitative estimate of drug-likeness (QED) is 0.400. The van der Waals surface area contributed by atoms with E-state index in [4.69, 9.17) is 15.6 Å². The fraction of sp³-hybridized carbons (Fsp3) is 0.583. The summed E-state index contributed by atoms with van der Waals surface area (Å²) < 4.78 is 7.48. The largest absolute Gasteiger partial charge is 0.394 e. The van der Waals surface area contributed by atoms with Gasteiger partial charge >= 0.3 is 5.69 Å². The number of nitrogen functional groups attached to an aromatic ring is 1. The number of imidazole rings is 1. The maximum Gasteiger partial charge on any atom is 0.332 e. The Morgan fingerprint density at radius 1 is 1.35 bits per heavy atom. The third-order valence-electron chi connectivity index (χ3n) is 3.92. The molecule has 6 N–H and O–H groups in total. The van der Waals surface area contributed by atoms with Gasteiger partial charge in [0.15, 0.2) is 17.4 Å². The van der Waals surface area contributed by atoms with Gasteiger partial charge in [-0.25, -0.2) is 9.36 Å². The second-order valence-corrected chi connectivity index (χ2v) is 5.25. The van der Waals surface area contributed by atoms with Gasteiger partial charge < -0.3 is 25.8 Å². The van der Waals surface area contributed by atoms with Crippen LogP contribution in [-0.2, 0) is 11.3 Å². The van der Waals surface area contributed by atoms with Crippen LogP contribution in [0.3, 0.4) is 0 Å². The first kappa shape index (κ1) is 15.7. The lowest BCUT2D eigenvalue weighted by atomic mass is 10.1. The molecular weight excluding hydrogens is 310 g/mol. The summed E-state index contributed by atoms with van der Waals surface area (Å²) in [6, 6.07) is 0. The number of fused-ring (bicyclic) bond motifs is 1. The smallest absolute Gasteiger partial charge is 0.332 e. The van der Waals surface area contributed by atoms with Gasteiger partial charge in [0.2, 0.25) is 5.95 Å². The van der Waals surface area contributed by atoms with E-state index in [1.807, 2.05) is 0 Å². The average molecular weight is 327 g/mol. The van der Waals surface area contributed by atoms with E-state index in [0.717, 1.165) is 9.13 Å². The standard InChI is InChI=1S/C12H17N5O6/c1-2-16-5-8(14-11(13)15-9(5)21)17(12(16)22)10-7(20)6(19)4(3-18)23-10/h4,6-7,10,18-20H,2-3H2,1H3,(H3,13,14,15,21)/t4-,6?,7+,10-/m1/s1. The highest BCUT2D eigenvalue weighted by molar-refractivity contribution is 5.71. The van der Waals surface area contributed by atoms with E-state index < -0.39 is 42.4 Å². The number of aryl methyl sites for hydroxylation is 1. The minimum absolute atomic E-state index is 0.00978. The van der Waals surface area contributed by atoms with E-state index in [9.17, 15) is 19.8 Å². The molecule has 3 rings (SSSR count). The van der Waals surface area contributed by atoms with E-state index in [-0.39, 0.29) is 23.7 Å². The number of H-pyrrole nitrogens is 1. The molecule has 1 fully saturated rings. The number of hydrogen-bond acceptors (Lipinski definition) is 8. The maximum absolute atomic E-state index is 12.6. The monoisotopic (exact) mass is 327 g/mol. The van der Waals surface area contributed by atoms with Gasteiger partial charge in [-0.15, -0.1) is 0 Å². The number of nitrogens with two attached hydrogens (primary N) is 1. The predicted molar refractivity (Wildman–Crippen MR) is 77.7 cm³/mol. The van der Waals surface area contributed by atoms with Crippen LogP contribution >= 0.6 is 0 Å². The molecule has 0 aromatic carbocycles. The van der Waals surface area contributed by atoms with E-state index in [1.165, 1.54) is 0 Å². The normalized spacial score (nSPS) is 27.8. The highest BCUT2D eigenvalue weighted by atomic mass is 16.6. The Bertz CT molecular complexity index is 854. The van der Waals surface area contributed by atoms with Crippen LogP contribution in [0.4, 0.5) is 5.95 Å². The zero-order valence-electron chi connectivity index (χ0n) is 12.2. The van der Waals surface area contributed by atoms with Crippen LogP contribution in [0.1, 0.15) is 13.2 Å². The average Bonchev–Trinajstić information content (AvgIpc) is 2.94. The van der Waals surface area contributed by atoms with Crippen molar-refractivity contribution in [2.24, 2.45) is 0 Å². The number of aromatic amines is 1. The van der Waals surface area contributed by atoms with Crippen LogP contribution < -0.4 is 17.0 Å². The van der Waals surface area contributed by atoms with Gasteiger partial charge in [-0.2, -0.15) is 4.98 Å². The van der Waals surface area contributed by atoms with Crippen LogP contribution in [0, 0.1) is 0 Å². The molecular formula is C12H17N5O6. The second kappa shape index (κ2) is 5.45. The van der Waals surface area contributed by atoms with Crippen molar-refractivity contribution in [3.63, 3.8) is 0 Å². The van der Waals surface area contributed by atoms with Crippen LogP contribution in [0.25, 0.3) is 11.2 Å². The van der Waals surface area contributed by atoms with Crippen molar-refractivity contribution in [1.29, 1.82) is 0 Å². The lowest BCUT2D eigenvalue weighted by molar-refractivity contribution is -0.0527. The molecule has 1 saturated heterocycles. The Kier molecular flexibility index (Phi) is 3.72. The van der Waals surface area contributed by atoms with E-state index in [1.54, 1.807) is 6.92 Å². The highest BCUT2D eigenvalue weighted by Crippen LogP contribution is 2.30. The van der Waals surface area contributed by atoms with Gasteiger partial charge in [0.25, 0.3) is 5.56 Å². The number of hydrogen-bond donors (Lipinski definition) is 5. The lowest BCUT2D eigenvalue weighted by Crippen LogP contribution is -2.36. The Morgan fingerprint density at radius 3 is 2.61 bits per heavy atom. The molecule has 0 spiro atoms. The SMILES string of the molecule is CCn1c(=O)n([C@@H]2O[C@H](CO)C(O)[C@@H]2O)c2nc(N)[nH]c(=O)c21. The van der Waals surface area contributed by atoms with Crippen molar-refractivity contribution in [2.75, 3.05) is 12.3 Å². The van der Waals surface area contributed by atoms with Gasteiger partial charge in [0.1, 0.15) is 18.3 Å². The third kappa shape index (κ3) is 2.16. The van der Waals surface area contributed by atoms with E-state index in [2.05, 4.69) is 9.97 Å². The third-order valence-corrected chi connectivity index (χ3v) is 3.92. The molecule has 2 aromatic heterocycles. The molecule has 0 bridgehead atoms. The van der Waals surface area contributed by atoms with Gasteiger partial charge in [-0.05, 0) is 6.92 Å². The topological polar surface area (TPSA) is 169 Å². The van der Waals surface area contributed by atoms with Crippen LogP contribution in [0.2, 0.25) is 0 Å². The fourth-order valence-electron chi connectivity index (χ4n) is 2.82. The molecule has 1 unspecified atom stereocenters. The number of anilines is 1. The van der Waals surface area contributed by atoms with Crippen molar-refractivity contribution < 1.29 is 20.1 Å². The number of aromatic nitrogens is 4. The summed E-state index contributed by atoms with van der Waals surface area (Å²) in [7, 11) is 0. The molecule has 11 heteroatoms. The number of ether oxygens (including phenoxy) is 1. The van der Waals surface area contributed by atoms with Gasteiger partial charge in [0, 0.05) is 6.54 Å². The number of rotatable bonds is 3. The molecule has 0 aliphatic carbocycles. The Labute approximate surface area is 128 Å². The summed E-state index contributed by atoms with van der Waals surface area (Å²) >= 11 is 0. The second-order valence-electron chi connectivity index (χ2n) is 5.25. The number of aliphatic hydroxyl groups excluding tert-OH is 3. The van der Waals surface area contributed by atoms with Crippen molar-refractivity contribution in [2.45, 2.75) is 38.0 Å². The van der Waals surface area contributed by atoms with Gasteiger partial charge in [-0.3, -0.25) is 14.3 Å². The predicted octanol–water partition coefficient (Wildman–Crippen LogP) is -2.90. The molecule has 1 aliphatic heterocycles. The molecule has 2 aromatic rings. The minimum Gasteiger partial charge on any atom is -0.394 e. The van der Waals surface area contributed by atoms with Crippen molar-refractivity contribution in [1.82, 2.24) is 19.1 Å². The zero-order valence-corrected chi connectivity index (χ0v) is 12.2. The first-order valence-corrected chi connectivity index (χ1v) is 7.03. The Morgan fingerprint density at radius 2 is 2.04 bits per heavy atom. The summed E-state index contributed by atoms with van der Waals surface area (Å²) in [5.74, 6) is -0.198. The van der Waals surface area contributed by atoms with Crippen LogP contribution in [0.15, 0.2) is 9.59 Å². The summed E-state index contributed by atoms with van der Waals surface area (Å²) in [5, 5.41) is 29.1. The van der Waals surface area contributed by atoms with Gasteiger partial charge in [-0.1, -0.05) is 0 Å². The summed E-state index contributed by atoms with van der Waals surface area (Å²) in [6.07, 6.45) is -5.20. The first-order valence-electron chi connectivity index (χ1n) is 7.03. The van der Waals surface area contributed by atoms with Crippen molar-refractivity contribution in [3.05, 3.63) is 20.8 Å². The van der Waals surface area contributed by atoms with E-state index in [0.29, 0.717) is 0 Å².